The van der Waals surface area contributed by atoms with Gasteiger partial charge in [-0.1, -0.05) is 6.92 Å². The van der Waals surface area contributed by atoms with Gasteiger partial charge in [-0.15, -0.1) is 0 Å². The summed E-state index contributed by atoms with van der Waals surface area (Å²) in [7, 11) is 0. The summed E-state index contributed by atoms with van der Waals surface area (Å²) in [6.07, 6.45) is 0.384. The molecule has 0 fully saturated rings. The summed E-state index contributed by atoms with van der Waals surface area (Å²) in [6.45, 7) is 4.77. The van der Waals surface area contributed by atoms with Crippen molar-refractivity contribution in [2.24, 2.45) is 5.92 Å². The van der Waals surface area contributed by atoms with Crippen molar-refractivity contribution in [3.8, 4) is 0 Å². The van der Waals surface area contributed by atoms with E-state index in [0.29, 0.717) is 6.42 Å². The molecule has 0 saturated carbocycles. The van der Waals surface area contributed by atoms with Crippen LogP contribution in [0, 0.1) is 5.92 Å². The van der Waals surface area contributed by atoms with Crippen LogP contribution in [0.3, 0.4) is 0 Å². The summed E-state index contributed by atoms with van der Waals surface area (Å²) < 4.78 is 0. The van der Waals surface area contributed by atoms with Crippen molar-refractivity contribution in [2.45, 2.75) is 27.2 Å². The Bertz CT molecular complexity index is 127. The Morgan fingerprint density at radius 3 is 1.89 bits per heavy atom. The number of carbonyl (C=O) groups is 2. The van der Waals surface area contributed by atoms with Crippen LogP contribution in [0.15, 0.2) is 0 Å². The fourth-order valence-corrected chi connectivity index (χ4v) is 0.575. The molecule has 0 saturated heterocycles. The average Bonchev–Trinajstić information content (AvgIpc) is 1.63. The lowest BCUT2D eigenvalue weighted by Crippen LogP contribution is -2.09. The van der Waals surface area contributed by atoms with Gasteiger partial charge in [0.05, 0.1) is 0 Å². The molecule has 0 heterocycles. The van der Waals surface area contributed by atoms with Crippen LogP contribution in [0.4, 0.5) is 0 Å². The molecule has 0 spiro atoms. The van der Waals surface area contributed by atoms with E-state index in [1.54, 1.807) is 6.92 Å². The molecule has 0 N–H and O–H groups in total. The Kier molecular flexibility index (Phi) is 3.13. The molecule has 0 amide bonds. The standard InChI is InChI=1S/C7H12O2/c1-5(7(3)9)4-6(2)8/h5H,4H2,1-3H3. The molecule has 0 aliphatic heterocycles. The van der Waals surface area contributed by atoms with Crippen molar-refractivity contribution in [1.82, 2.24) is 0 Å². The second kappa shape index (κ2) is 3.38. The van der Waals surface area contributed by atoms with Crippen molar-refractivity contribution >= 4 is 11.6 Å². The van der Waals surface area contributed by atoms with Crippen LogP contribution in [0.25, 0.3) is 0 Å². The maximum Gasteiger partial charge on any atom is 0.133 e. The van der Waals surface area contributed by atoms with Gasteiger partial charge in [0, 0.05) is 12.3 Å². The highest BCUT2D eigenvalue weighted by Gasteiger charge is 2.08. The molecule has 0 aromatic rings. The highest BCUT2D eigenvalue weighted by molar-refractivity contribution is 5.85. The molecule has 0 radical (unpaired) electrons. The number of hydrogen-bond donors (Lipinski definition) is 0. The SMILES string of the molecule is CC(=O)CC(C)C(C)=O. The first kappa shape index (κ1) is 8.34. The molecule has 9 heavy (non-hydrogen) atoms. The molecule has 1 unspecified atom stereocenters. The van der Waals surface area contributed by atoms with Gasteiger partial charge in [-0.05, 0) is 13.8 Å². The molecule has 0 aromatic carbocycles. The van der Waals surface area contributed by atoms with Crippen LogP contribution in [0.1, 0.15) is 27.2 Å². The molecule has 0 rings (SSSR count). The highest BCUT2D eigenvalue weighted by Crippen LogP contribution is 2.02. The molecule has 0 aromatic heterocycles. The average molecular weight is 128 g/mol. The molecule has 52 valence electrons. The van der Waals surface area contributed by atoms with Crippen molar-refractivity contribution < 1.29 is 9.59 Å². The van der Waals surface area contributed by atoms with Crippen LogP contribution in [0.2, 0.25) is 0 Å². The molecule has 0 aliphatic carbocycles. The molecular weight excluding hydrogens is 116 g/mol. The zero-order valence-electron chi connectivity index (χ0n) is 6.10. The van der Waals surface area contributed by atoms with Crippen LogP contribution < -0.4 is 0 Å². The van der Waals surface area contributed by atoms with Gasteiger partial charge in [0.15, 0.2) is 0 Å². The second-order valence-corrected chi connectivity index (χ2v) is 2.42. The number of rotatable bonds is 3. The summed E-state index contributed by atoms with van der Waals surface area (Å²) in [6, 6.07) is 0. The van der Waals surface area contributed by atoms with Gasteiger partial charge in [-0.2, -0.15) is 0 Å². The lowest BCUT2D eigenvalue weighted by Gasteiger charge is -2.01. The van der Waals surface area contributed by atoms with E-state index >= 15 is 0 Å². The third kappa shape index (κ3) is 3.88. The van der Waals surface area contributed by atoms with Gasteiger partial charge in [-0.3, -0.25) is 4.79 Å². The third-order valence-electron chi connectivity index (χ3n) is 1.29. The molecular formula is C7H12O2. The summed E-state index contributed by atoms with van der Waals surface area (Å²) >= 11 is 0. The van der Waals surface area contributed by atoms with E-state index in [0.717, 1.165) is 0 Å². The smallest absolute Gasteiger partial charge is 0.133 e. The van der Waals surface area contributed by atoms with Gasteiger partial charge < -0.3 is 4.79 Å². The number of hydrogen-bond acceptors (Lipinski definition) is 2. The Balaban J connectivity index is 3.63. The lowest BCUT2D eigenvalue weighted by molar-refractivity contribution is -0.125. The van der Waals surface area contributed by atoms with Crippen molar-refractivity contribution in [3.63, 3.8) is 0 Å². The number of Topliss-reactive ketones (excluding diaryl/α,β-unsaturated/α-hetero) is 2. The van der Waals surface area contributed by atoms with Crippen LogP contribution >= 0.6 is 0 Å². The first-order valence-electron chi connectivity index (χ1n) is 3.04. The monoisotopic (exact) mass is 128 g/mol. The summed E-state index contributed by atoms with van der Waals surface area (Å²) in [5.41, 5.74) is 0. The molecule has 1 atom stereocenters. The molecule has 0 aliphatic rings. The van der Waals surface area contributed by atoms with E-state index in [1.165, 1.54) is 13.8 Å². The third-order valence-corrected chi connectivity index (χ3v) is 1.29. The topological polar surface area (TPSA) is 34.1 Å². The van der Waals surface area contributed by atoms with Gasteiger partial charge in [0.1, 0.15) is 11.6 Å². The van der Waals surface area contributed by atoms with Gasteiger partial charge in [-0.25, -0.2) is 0 Å². The fraction of sp³-hybridized carbons (Fsp3) is 0.714. The maximum absolute atomic E-state index is 10.5. The zero-order valence-corrected chi connectivity index (χ0v) is 6.10. The Hall–Kier alpha value is -0.660. The first-order valence-corrected chi connectivity index (χ1v) is 3.04. The number of carbonyl (C=O) groups excluding carboxylic acids is 2. The minimum absolute atomic E-state index is 0.0812. The summed E-state index contributed by atoms with van der Waals surface area (Å²) in [5, 5.41) is 0. The van der Waals surface area contributed by atoms with E-state index in [-0.39, 0.29) is 17.5 Å². The largest absolute Gasteiger partial charge is 0.300 e. The summed E-state index contributed by atoms with van der Waals surface area (Å²) in [5.74, 6) is 0.0744. The van der Waals surface area contributed by atoms with E-state index < -0.39 is 0 Å². The van der Waals surface area contributed by atoms with E-state index in [4.69, 9.17) is 0 Å². The van der Waals surface area contributed by atoms with Gasteiger partial charge in [0.2, 0.25) is 0 Å². The Morgan fingerprint density at radius 2 is 1.78 bits per heavy atom. The minimum atomic E-state index is -0.0949. The zero-order chi connectivity index (χ0) is 7.44. The van der Waals surface area contributed by atoms with E-state index in [9.17, 15) is 9.59 Å². The van der Waals surface area contributed by atoms with Gasteiger partial charge in [0.25, 0.3) is 0 Å². The fourth-order valence-electron chi connectivity index (χ4n) is 0.575. The predicted octanol–water partition coefficient (Wildman–Crippen LogP) is 1.19. The van der Waals surface area contributed by atoms with Crippen molar-refractivity contribution in [1.29, 1.82) is 0 Å². The van der Waals surface area contributed by atoms with Gasteiger partial charge >= 0.3 is 0 Å². The van der Waals surface area contributed by atoms with Crippen molar-refractivity contribution in [3.05, 3.63) is 0 Å². The second-order valence-electron chi connectivity index (χ2n) is 2.42. The maximum atomic E-state index is 10.5. The Labute approximate surface area is 55.3 Å². The highest BCUT2D eigenvalue weighted by atomic mass is 16.1. The quantitative estimate of drug-likeness (QED) is 0.572. The first-order chi connectivity index (χ1) is 4.04. The minimum Gasteiger partial charge on any atom is -0.300 e. The van der Waals surface area contributed by atoms with Crippen LogP contribution in [-0.2, 0) is 9.59 Å². The van der Waals surface area contributed by atoms with Crippen molar-refractivity contribution in [2.75, 3.05) is 0 Å². The normalized spacial score (nSPS) is 12.8. The van der Waals surface area contributed by atoms with E-state index in [2.05, 4.69) is 0 Å². The molecule has 2 nitrogen and oxygen atoms in total. The van der Waals surface area contributed by atoms with Crippen LogP contribution in [-0.4, -0.2) is 11.6 Å². The predicted molar refractivity (Wildman–Crippen MR) is 35.1 cm³/mol. The lowest BCUT2D eigenvalue weighted by atomic mass is 10.0. The van der Waals surface area contributed by atoms with Crippen LogP contribution in [0.5, 0.6) is 0 Å². The van der Waals surface area contributed by atoms with E-state index in [1.807, 2.05) is 0 Å². The number of ketones is 2. The Morgan fingerprint density at radius 1 is 1.33 bits per heavy atom. The molecule has 0 bridgehead atoms. The molecule has 2 heteroatoms. The summed E-state index contributed by atoms with van der Waals surface area (Å²) in [4.78, 5) is 20.9.